The van der Waals surface area contributed by atoms with Gasteiger partial charge >= 0.3 is 59.1 Å². The van der Waals surface area contributed by atoms with Gasteiger partial charge in [0.2, 0.25) is 17.5 Å². The molecule has 5 aromatic rings. The number of carboxylic acid groups (broad SMARTS) is 1. The van der Waals surface area contributed by atoms with Crippen molar-refractivity contribution in [2.24, 2.45) is 0 Å². The number of nitrogen functional groups attached to an aromatic ring is 1. The van der Waals surface area contributed by atoms with Crippen LogP contribution in [0.15, 0.2) is 96.8 Å². The van der Waals surface area contributed by atoms with Gasteiger partial charge in [0.05, 0.1) is 37.3 Å². The van der Waals surface area contributed by atoms with Crippen LogP contribution >= 0.6 is 75.3 Å². The number of carbonyl (C=O) groups is 3. The fourth-order valence-corrected chi connectivity index (χ4v) is 8.02. The minimum Gasteiger partial charge on any atom is -0.478 e. The van der Waals surface area contributed by atoms with Gasteiger partial charge in [-0.3, -0.25) is 39.9 Å². The molecule has 0 saturated heterocycles. The van der Waals surface area contributed by atoms with E-state index in [2.05, 4.69) is 63.7 Å². The molecule has 5 aromatic carbocycles. The van der Waals surface area contributed by atoms with Crippen LogP contribution in [-0.4, -0.2) is 61.7 Å². The number of hydrogen-bond acceptors (Lipinski definition) is 10. The molecule has 37 heteroatoms. The molecule has 5 rings (SSSR count). The van der Waals surface area contributed by atoms with E-state index in [0.717, 1.165) is 48.5 Å². The van der Waals surface area contributed by atoms with Gasteiger partial charge in [0.1, 0.15) is 5.56 Å². The first-order chi connectivity index (χ1) is 34.4. The van der Waals surface area contributed by atoms with Gasteiger partial charge in [-0.1, -0.05) is 18.2 Å². The lowest BCUT2D eigenvalue weighted by atomic mass is 9.94. The third-order valence-corrected chi connectivity index (χ3v) is 11.7. The number of halogens is 22. The number of alkyl halides is 14. The Morgan fingerprint density at radius 3 is 1.08 bits per heavy atom. The first-order valence-electron chi connectivity index (χ1n) is 18.3. The Morgan fingerprint density at radius 1 is 0.513 bits per heavy atom. The van der Waals surface area contributed by atoms with Crippen LogP contribution in [0.1, 0.15) is 42.2 Å². The Labute approximate surface area is 447 Å². The number of benzene rings is 5. The molecular formula is C39H17Br4ClF17N5O10. The molecule has 0 aliphatic heterocycles. The van der Waals surface area contributed by atoms with Gasteiger partial charge < -0.3 is 16.2 Å². The normalized spacial score (nSPS) is 11.9. The molecule has 0 aliphatic rings. The number of carbonyl (C=O) groups excluding carboxylic acids is 2. The van der Waals surface area contributed by atoms with E-state index in [0.29, 0.717) is 12.1 Å². The van der Waals surface area contributed by atoms with E-state index in [1.807, 2.05) is 5.32 Å². The van der Waals surface area contributed by atoms with Crippen molar-refractivity contribution >= 4 is 121 Å². The van der Waals surface area contributed by atoms with Crippen molar-refractivity contribution in [1.82, 2.24) is 0 Å². The smallest absolute Gasteiger partial charge is 0.435 e. The van der Waals surface area contributed by atoms with E-state index in [-0.39, 0.29) is 26.8 Å². The predicted molar refractivity (Wildman–Crippen MR) is 242 cm³/mol. The van der Waals surface area contributed by atoms with Crippen molar-refractivity contribution in [3.05, 3.63) is 172 Å². The summed E-state index contributed by atoms with van der Waals surface area (Å²) in [6.45, 7) is 0. The molecule has 0 heterocycles. The van der Waals surface area contributed by atoms with Crippen molar-refractivity contribution in [3.63, 3.8) is 0 Å². The predicted octanol–water partition coefficient (Wildman–Crippen LogP) is 15.4. The Hall–Kier alpha value is -6.27. The van der Waals surface area contributed by atoms with Crippen molar-refractivity contribution < 1.29 is 109 Å². The van der Waals surface area contributed by atoms with Gasteiger partial charge in [0, 0.05) is 47.2 Å². The fourth-order valence-electron chi connectivity index (χ4n) is 5.31. The maximum Gasteiger partial charge on any atom is 0.435 e. The number of nitrogens with one attached hydrogen (secondary N) is 1. The fraction of sp³-hybridized carbons (Fsp3) is 0.154. The molecule has 0 atom stereocenters. The van der Waals surface area contributed by atoms with Gasteiger partial charge in [-0.15, -0.1) is 0 Å². The first-order valence-corrected chi connectivity index (χ1v) is 21.9. The third-order valence-electron chi connectivity index (χ3n) is 8.93. The van der Waals surface area contributed by atoms with E-state index >= 15 is 0 Å². The monoisotopic (exact) mass is 1390 g/mol. The molecule has 412 valence electrons. The molecule has 15 nitrogen and oxygen atoms in total. The lowest BCUT2D eigenvalue weighted by molar-refractivity contribution is -0.387. The van der Waals surface area contributed by atoms with Gasteiger partial charge in [0.15, 0.2) is 0 Å². The van der Waals surface area contributed by atoms with Crippen LogP contribution in [0, 0.1) is 47.8 Å². The molecule has 4 N–H and O–H groups in total. The minimum absolute atomic E-state index is 0.143. The highest BCUT2D eigenvalue weighted by atomic mass is 79.9. The second-order valence-corrected chi connectivity index (χ2v) is 17.5. The van der Waals surface area contributed by atoms with Crippen molar-refractivity contribution in [3.8, 4) is 0 Å². The number of nitrogens with two attached hydrogens (primary N) is 1. The second-order valence-electron chi connectivity index (χ2n) is 13.7. The number of aromatic carboxylic acids is 1. The van der Waals surface area contributed by atoms with E-state index in [1.165, 1.54) is 6.07 Å². The van der Waals surface area contributed by atoms with Crippen LogP contribution in [0.4, 0.5) is 103 Å². The summed E-state index contributed by atoms with van der Waals surface area (Å²) in [6.07, 6.45) is -25.0. The molecule has 0 bridgehead atoms. The summed E-state index contributed by atoms with van der Waals surface area (Å²) >= 11 is 15.6. The number of amides is 1. The number of nitro benzene ring substituents is 3. The summed E-state index contributed by atoms with van der Waals surface area (Å²) in [5.41, 5.74) is -14.6. The number of nitro groups is 3. The summed E-state index contributed by atoms with van der Waals surface area (Å²) in [4.78, 5) is 61.3. The van der Waals surface area contributed by atoms with Crippen LogP contribution in [-0.2, 0) is 11.3 Å². The molecule has 0 saturated carbocycles. The van der Waals surface area contributed by atoms with Gasteiger partial charge in [0.25, 0.3) is 11.1 Å². The van der Waals surface area contributed by atoms with Crippen LogP contribution in [0.2, 0.25) is 0 Å². The van der Waals surface area contributed by atoms with E-state index in [1.54, 1.807) is 0 Å². The minimum atomic E-state index is -6.36. The maximum absolute atomic E-state index is 14.2. The Kier molecular flexibility index (Phi) is 21.5. The van der Waals surface area contributed by atoms with Crippen molar-refractivity contribution in [2.75, 3.05) is 11.1 Å². The number of nitrogens with zero attached hydrogens (tertiary/aromatic N) is 3. The van der Waals surface area contributed by atoms with Crippen LogP contribution in [0.3, 0.4) is 0 Å². The largest absolute Gasteiger partial charge is 0.478 e. The SMILES string of the molecule is Nc1c(Br)cc(C(F)(C(F)(F)F)C(F)(F)F)cc1Br.O=C(Cl)c1cccc([N+](=O)[O-])c1F.O=C(Nc1c(Br)cc(C(F)(C(F)(F)F)C(F)(F)F)cc1Br)c1cccc([N+](=O)[O-])c1F.O=C(O)c1cccc([N+](=O)[O-])c1F. The zero-order valence-electron chi connectivity index (χ0n) is 35.4. The molecular weight excluding hydrogens is 1380 g/mol. The molecule has 0 spiro atoms. The summed E-state index contributed by atoms with van der Waals surface area (Å²) in [6, 6.07) is 9.80. The summed E-state index contributed by atoms with van der Waals surface area (Å²) in [5, 5.41) is 40.5. The van der Waals surface area contributed by atoms with Gasteiger partial charge in [-0.05, 0) is 118 Å². The van der Waals surface area contributed by atoms with Crippen LogP contribution in [0.25, 0.3) is 0 Å². The first kappa shape index (κ1) is 65.8. The van der Waals surface area contributed by atoms with Gasteiger partial charge in [-0.25, -0.2) is 13.6 Å². The summed E-state index contributed by atoms with van der Waals surface area (Å²) in [5.74, 6) is -6.88. The molecule has 76 heavy (non-hydrogen) atoms. The van der Waals surface area contributed by atoms with Crippen LogP contribution < -0.4 is 11.1 Å². The molecule has 0 aliphatic carbocycles. The summed E-state index contributed by atoms with van der Waals surface area (Å²) < 4.78 is 219. The Balaban J connectivity index is 0.000000374. The highest BCUT2D eigenvalue weighted by Crippen LogP contribution is 2.56. The zero-order chi connectivity index (χ0) is 59.2. The van der Waals surface area contributed by atoms with Crippen molar-refractivity contribution in [2.45, 2.75) is 36.0 Å². The maximum atomic E-state index is 14.2. The van der Waals surface area contributed by atoms with E-state index < -0.39 is 145 Å². The highest BCUT2D eigenvalue weighted by molar-refractivity contribution is 9.11. The lowest BCUT2D eigenvalue weighted by Gasteiger charge is -2.31. The molecule has 0 radical (unpaired) electrons. The summed E-state index contributed by atoms with van der Waals surface area (Å²) in [7, 11) is 0. The average molecular weight is 1390 g/mol. The second kappa shape index (κ2) is 24.8. The zero-order valence-corrected chi connectivity index (χ0v) is 42.5. The van der Waals surface area contributed by atoms with E-state index in [4.69, 9.17) is 22.4 Å². The quantitative estimate of drug-likeness (QED) is 0.0412. The molecule has 0 fully saturated rings. The van der Waals surface area contributed by atoms with Crippen LogP contribution in [0.5, 0.6) is 0 Å². The number of anilines is 2. The molecule has 0 aromatic heterocycles. The van der Waals surface area contributed by atoms with Gasteiger partial charge in [-0.2, -0.15) is 65.9 Å². The topological polar surface area (TPSA) is 239 Å². The lowest BCUT2D eigenvalue weighted by Crippen LogP contribution is -2.50. The standard InChI is InChI=1S/C16H6Br2F8N2O3.C9H4Br2F7N.C7H3ClFNO3.C7H4FNO4/c17-8-4-6(14(20,15(21,22)23)16(24,25)26)5-9(18)12(8)27-13(29)7-2-1-3-10(11(7)19)28(30)31;10-4-1-3(2-5(11)6(4)19)7(12,8(13,14)15)9(16,17)18;8-7(11)4-2-1-3-5(6(4)9)10(12)13;8-6-4(7(10)11)2-1-3-5(6)9(12)13/h1-5H,(H,27,29);1-2H,19H2;1-3H;1-3H,(H,10,11). The third kappa shape index (κ3) is 14.6. The molecule has 0 unspecified atom stereocenters. The average Bonchev–Trinajstić information content (AvgIpc) is 3.27. The number of carboxylic acids is 1. The Morgan fingerprint density at radius 2 is 0.789 bits per heavy atom. The Bertz CT molecular complexity index is 2880. The highest BCUT2D eigenvalue weighted by Gasteiger charge is 2.74. The van der Waals surface area contributed by atoms with Crippen molar-refractivity contribution in [1.29, 1.82) is 0 Å². The van der Waals surface area contributed by atoms with E-state index in [9.17, 15) is 119 Å². The number of hydrogen-bond donors (Lipinski definition) is 3. The molecule has 1 amide bonds. The number of rotatable bonds is 9.